The first-order chi connectivity index (χ1) is 12.5. The van der Waals surface area contributed by atoms with E-state index in [9.17, 15) is 14.0 Å². The van der Waals surface area contributed by atoms with Crippen LogP contribution in [0.1, 0.15) is 34.9 Å². The van der Waals surface area contributed by atoms with Gasteiger partial charge in [-0.1, -0.05) is 6.07 Å². The van der Waals surface area contributed by atoms with Gasteiger partial charge in [-0.05, 0) is 24.3 Å². The molecule has 136 valence electrons. The fourth-order valence-corrected chi connectivity index (χ4v) is 2.66. The van der Waals surface area contributed by atoms with Crippen molar-refractivity contribution >= 4 is 11.8 Å². The van der Waals surface area contributed by atoms with Gasteiger partial charge < -0.3 is 15.0 Å². The lowest BCUT2D eigenvalue weighted by atomic mass is 10.2. The van der Waals surface area contributed by atoms with E-state index in [1.54, 1.807) is 17.2 Å². The first kappa shape index (κ1) is 17.9. The van der Waals surface area contributed by atoms with Crippen molar-refractivity contribution in [2.45, 2.75) is 19.6 Å². The number of hydrogen-bond acceptors (Lipinski definition) is 5. The summed E-state index contributed by atoms with van der Waals surface area (Å²) in [5.74, 6) is -0.405. The molecule has 0 saturated carbocycles. The maximum atomic E-state index is 13.2. The van der Waals surface area contributed by atoms with E-state index in [2.05, 4.69) is 15.3 Å². The lowest BCUT2D eigenvalue weighted by Gasteiger charge is -2.31. The smallest absolute Gasteiger partial charge is 0.251 e. The molecule has 1 saturated heterocycles. The summed E-state index contributed by atoms with van der Waals surface area (Å²) in [5, 5.41) is 2.70. The molecule has 0 spiro atoms. The van der Waals surface area contributed by atoms with Crippen LogP contribution < -0.4 is 5.32 Å². The molecule has 2 heterocycles. The number of carbonyl (C=O) groups excluding carboxylic acids is 2. The van der Waals surface area contributed by atoms with Crippen LogP contribution in [0.4, 0.5) is 4.39 Å². The average molecular weight is 358 g/mol. The summed E-state index contributed by atoms with van der Waals surface area (Å²) in [6.07, 6.45) is 1.19. The molecule has 0 bridgehead atoms. The summed E-state index contributed by atoms with van der Waals surface area (Å²) in [4.78, 5) is 33.9. The Morgan fingerprint density at radius 2 is 2.23 bits per heavy atom. The van der Waals surface area contributed by atoms with E-state index in [1.807, 2.05) is 0 Å². The third-order valence-corrected chi connectivity index (χ3v) is 4.05. The van der Waals surface area contributed by atoms with E-state index in [0.29, 0.717) is 31.2 Å². The van der Waals surface area contributed by atoms with Crippen LogP contribution >= 0.6 is 0 Å². The van der Waals surface area contributed by atoms with Gasteiger partial charge in [0.15, 0.2) is 5.82 Å². The summed E-state index contributed by atoms with van der Waals surface area (Å²) in [6, 6.07) is 7.15. The Kier molecular flexibility index (Phi) is 5.52. The van der Waals surface area contributed by atoms with Crippen LogP contribution in [0.5, 0.6) is 0 Å². The van der Waals surface area contributed by atoms with Crippen LogP contribution in [-0.4, -0.2) is 46.4 Å². The number of carbonyl (C=O) groups is 2. The molecular formula is C18H19FN4O3. The molecule has 3 rings (SSSR count). The Hall–Kier alpha value is -2.87. The topological polar surface area (TPSA) is 84.4 Å². The van der Waals surface area contributed by atoms with Gasteiger partial charge in [0.25, 0.3) is 5.91 Å². The largest absolute Gasteiger partial charge is 0.367 e. The van der Waals surface area contributed by atoms with Crippen molar-refractivity contribution in [3.05, 3.63) is 59.4 Å². The normalized spacial score (nSPS) is 17.0. The van der Waals surface area contributed by atoms with Crippen LogP contribution in [-0.2, 0) is 16.1 Å². The van der Waals surface area contributed by atoms with Crippen LogP contribution in [0.15, 0.2) is 36.5 Å². The molecule has 1 aliphatic heterocycles. The lowest BCUT2D eigenvalue weighted by Crippen LogP contribution is -2.41. The number of nitrogens with zero attached hydrogens (tertiary/aromatic N) is 3. The maximum Gasteiger partial charge on any atom is 0.251 e. The zero-order chi connectivity index (χ0) is 18.5. The minimum atomic E-state index is -0.466. The van der Waals surface area contributed by atoms with Crippen molar-refractivity contribution in [2.75, 3.05) is 19.7 Å². The van der Waals surface area contributed by atoms with Crippen molar-refractivity contribution in [1.82, 2.24) is 20.2 Å². The summed E-state index contributed by atoms with van der Waals surface area (Å²) in [6.45, 7) is 3.06. The van der Waals surface area contributed by atoms with E-state index in [1.165, 1.54) is 31.2 Å². The standard InChI is InChI=1S/C18H19FN4O3/c1-12(24)23-7-8-26-16(11-23)17-20-6-5-15(22-17)10-21-18(25)13-3-2-4-14(19)9-13/h2-6,9,16H,7-8,10-11H2,1H3,(H,21,25). The Bertz CT molecular complexity index is 815. The Morgan fingerprint density at radius 1 is 1.38 bits per heavy atom. The van der Waals surface area contributed by atoms with Gasteiger partial charge in [-0.25, -0.2) is 14.4 Å². The predicted molar refractivity (Wildman–Crippen MR) is 90.5 cm³/mol. The third-order valence-electron chi connectivity index (χ3n) is 4.05. The number of amides is 2. The van der Waals surface area contributed by atoms with Crippen molar-refractivity contribution < 1.29 is 18.7 Å². The highest BCUT2D eigenvalue weighted by Gasteiger charge is 2.25. The maximum absolute atomic E-state index is 13.2. The molecule has 1 aliphatic rings. The molecule has 0 radical (unpaired) electrons. The fraction of sp³-hybridized carbons (Fsp3) is 0.333. The summed E-state index contributed by atoms with van der Waals surface area (Å²) in [7, 11) is 0. The molecule has 1 atom stereocenters. The molecule has 7 nitrogen and oxygen atoms in total. The molecule has 1 N–H and O–H groups in total. The van der Waals surface area contributed by atoms with E-state index < -0.39 is 11.9 Å². The SMILES string of the molecule is CC(=O)N1CCOC(c2nccc(CNC(=O)c3cccc(F)c3)n2)C1. The fourth-order valence-electron chi connectivity index (χ4n) is 2.66. The first-order valence-electron chi connectivity index (χ1n) is 8.25. The van der Waals surface area contributed by atoms with Gasteiger partial charge >= 0.3 is 0 Å². The lowest BCUT2D eigenvalue weighted by molar-refractivity contribution is -0.136. The molecule has 1 aromatic heterocycles. The third kappa shape index (κ3) is 4.40. The van der Waals surface area contributed by atoms with Gasteiger partial charge in [0.1, 0.15) is 11.9 Å². The van der Waals surface area contributed by atoms with E-state index in [0.717, 1.165) is 0 Å². The zero-order valence-corrected chi connectivity index (χ0v) is 14.3. The molecule has 2 amide bonds. The van der Waals surface area contributed by atoms with Gasteiger partial charge in [0.2, 0.25) is 5.91 Å². The summed E-state index contributed by atoms with van der Waals surface area (Å²) >= 11 is 0. The number of nitrogens with one attached hydrogen (secondary N) is 1. The van der Waals surface area contributed by atoms with Crippen molar-refractivity contribution in [3.8, 4) is 0 Å². The Balaban J connectivity index is 1.64. The average Bonchev–Trinajstić information content (AvgIpc) is 2.66. The van der Waals surface area contributed by atoms with Crippen molar-refractivity contribution in [2.24, 2.45) is 0 Å². The Morgan fingerprint density at radius 3 is 3.00 bits per heavy atom. The van der Waals surface area contributed by atoms with Crippen LogP contribution in [0.25, 0.3) is 0 Å². The van der Waals surface area contributed by atoms with Gasteiger partial charge in [0.05, 0.1) is 25.4 Å². The second-order valence-corrected chi connectivity index (χ2v) is 5.92. The summed E-state index contributed by atoms with van der Waals surface area (Å²) < 4.78 is 18.9. The number of halogens is 1. The van der Waals surface area contributed by atoms with Gasteiger partial charge in [-0.15, -0.1) is 0 Å². The highest BCUT2D eigenvalue weighted by Crippen LogP contribution is 2.19. The van der Waals surface area contributed by atoms with E-state index in [4.69, 9.17) is 4.74 Å². The molecule has 0 aliphatic carbocycles. The van der Waals surface area contributed by atoms with Gasteiger partial charge in [0, 0.05) is 25.2 Å². The van der Waals surface area contributed by atoms with Crippen LogP contribution in [0.2, 0.25) is 0 Å². The number of benzene rings is 1. The van der Waals surface area contributed by atoms with Gasteiger partial charge in [-0.2, -0.15) is 0 Å². The summed E-state index contributed by atoms with van der Waals surface area (Å²) in [5.41, 5.74) is 0.843. The Labute approximate surface area is 150 Å². The molecule has 2 aromatic rings. The minimum Gasteiger partial charge on any atom is -0.367 e. The van der Waals surface area contributed by atoms with E-state index in [-0.39, 0.29) is 23.9 Å². The van der Waals surface area contributed by atoms with Crippen LogP contribution in [0, 0.1) is 5.82 Å². The number of rotatable bonds is 4. The zero-order valence-electron chi connectivity index (χ0n) is 14.3. The second kappa shape index (κ2) is 8.01. The number of hydrogen-bond donors (Lipinski definition) is 1. The highest BCUT2D eigenvalue weighted by atomic mass is 19.1. The van der Waals surface area contributed by atoms with E-state index >= 15 is 0 Å². The second-order valence-electron chi connectivity index (χ2n) is 5.92. The molecular weight excluding hydrogens is 339 g/mol. The first-order valence-corrected chi connectivity index (χ1v) is 8.25. The number of morpholine rings is 1. The monoisotopic (exact) mass is 358 g/mol. The minimum absolute atomic E-state index is 0.0168. The predicted octanol–water partition coefficient (Wildman–Crippen LogP) is 1.47. The molecule has 1 fully saturated rings. The number of ether oxygens (including phenoxy) is 1. The van der Waals surface area contributed by atoms with Crippen molar-refractivity contribution in [1.29, 1.82) is 0 Å². The molecule has 26 heavy (non-hydrogen) atoms. The number of aromatic nitrogens is 2. The molecule has 1 unspecified atom stereocenters. The highest BCUT2D eigenvalue weighted by molar-refractivity contribution is 5.94. The molecule has 1 aromatic carbocycles. The van der Waals surface area contributed by atoms with Gasteiger partial charge in [-0.3, -0.25) is 9.59 Å². The van der Waals surface area contributed by atoms with Crippen molar-refractivity contribution in [3.63, 3.8) is 0 Å². The molecule has 8 heteroatoms. The quantitative estimate of drug-likeness (QED) is 0.895. The van der Waals surface area contributed by atoms with Crippen LogP contribution in [0.3, 0.4) is 0 Å².